The number of hydrogen-bond acceptors (Lipinski definition) is 4. The van der Waals surface area contributed by atoms with E-state index in [4.69, 9.17) is 0 Å². The van der Waals surface area contributed by atoms with E-state index in [0.717, 1.165) is 11.3 Å². The molecule has 0 amide bonds. The van der Waals surface area contributed by atoms with Gasteiger partial charge in [0, 0.05) is 30.9 Å². The average Bonchev–Trinajstić information content (AvgIpc) is 2.47. The number of nitrogens with zero attached hydrogens (tertiary/aromatic N) is 2. The molecule has 1 saturated heterocycles. The molecule has 1 fully saturated rings. The zero-order valence-corrected chi connectivity index (χ0v) is 12.3. The Hall–Kier alpha value is -2.11. The summed E-state index contributed by atoms with van der Waals surface area (Å²) in [6.07, 6.45) is 1.85. The Labute approximate surface area is 123 Å². The minimum atomic E-state index is -0.718. The van der Waals surface area contributed by atoms with Crippen molar-refractivity contribution in [2.75, 3.05) is 18.0 Å². The molecule has 1 aliphatic heterocycles. The fraction of sp³-hybridized carbons (Fsp3) is 0.533. The highest BCUT2D eigenvalue weighted by Crippen LogP contribution is 2.37. The van der Waals surface area contributed by atoms with E-state index in [0.29, 0.717) is 32.4 Å². The van der Waals surface area contributed by atoms with Gasteiger partial charge in [0.1, 0.15) is 0 Å². The Morgan fingerprint density at radius 2 is 2.05 bits per heavy atom. The zero-order valence-electron chi connectivity index (χ0n) is 12.3. The predicted molar refractivity (Wildman–Crippen MR) is 79.6 cm³/mol. The van der Waals surface area contributed by atoms with Gasteiger partial charge in [-0.05, 0) is 37.8 Å². The smallest absolute Gasteiger partial charge is 0.309 e. The summed E-state index contributed by atoms with van der Waals surface area (Å²) in [4.78, 5) is 23.9. The molecule has 6 heteroatoms. The molecule has 0 spiro atoms. The molecule has 1 aromatic carbocycles. The lowest BCUT2D eigenvalue weighted by Crippen LogP contribution is -2.44. The van der Waals surface area contributed by atoms with Crippen molar-refractivity contribution >= 4 is 17.3 Å². The first kappa shape index (κ1) is 15.3. The van der Waals surface area contributed by atoms with Crippen LogP contribution in [0.25, 0.3) is 0 Å². The van der Waals surface area contributed by atoms with E-state index >= 15 is 0 Å². The summed E-state index contributed by atoms with van der Waals surface area (Å²) >= 11 is 0. The summed E-state index contributed by atoms with van der Waals surface area (Å²) in [6, 6.07) is 4.82. The standard InChI is InChI=1S/C15H20N2O4/c1-3-15(14(18)19)6-8-16(9-7-15)13-5-4-12(17(20)21)10-11(13)2/h4-5,10H,3,6-9H2,1-2H3,(H,18,19). The van der Waals surface area contributed by atoms with Crippen molar-refractivity contribution in [3.63, 3.8) is 0 Å². The van der Waals surface area contributed by atoms with Crippen LogP contribution in [-0.4, -0.2) is 29.1 Å². The molecule has 114 valence electrons. The molecule has 0 saturated carbocycles. The summed E-state index contributed by atoms with van der Waals surface area (Å²) in [5.74, 6) is -0.718. The molecular formula is C15H20N2O4. The van der Waals surface area contributed by atoms with Crippen LogP contribution in [0.15, 0.2) is 18.2 Å². The number of piperidine rings is 1. The number of carbonyl (C=O) groups is 1. The van der Waals surface area contributed by atoms with Crippen LogP contribution in [0.1, 0.15) is 31.7 Å². The van der Waals surface area contributed by atoms with Gasteiger partial charge in [-0.3, -0.25) is 14.9 Å². The van der Waals surface area contributed by atoms with E-state index in [-0.39, 0.29) is 5.69 Å². The van der Waals surface area contributed by atoms with Crippen LogP contribution in [0.2, 0.25) is 0 Å². The fourth-order valence-electron chi connectivity index (χ4n) is 3.00. The van der Waals surface area contributed by atoms with Crippen molar-refractivity contribution in [3.05, 3.63) is 33.9 Å². The Morgan fingerprint density at radius 1 is 1.43 bits per heavy atom. The number of benzene rings is 1. The maximum absolute atomic E-state index is 11.4. The van der Waals surface area contributed by atoms with Gasteiger partial charge < -0.3 is 10.0 Å². The van der Waals surface area contributed by atoms with E-state index in [1.807, 2.05) is 13.8 Å². The van der Waals surface area contributed by atoms with Crippen LogP contribution >= 0.6 is 0 Å². The third-order valence-corrected chi connectivity index (χ3v) is 4.58. The lowest BCUT2D eigenvalue weighted by atomic mass is 9.76. The highest BCUT2D eigenvalue weighted by atomic mass is 16.6. The summed E-state index contributed by atoms with van der Waals surface area (Å²) in [7, 11) is 0. The van der Waals surface area contributed by atoms with Crippen molar-refractivity contribution in [1.82, 2.24) is 0 Å². The Morgan fingerprint density at radius 3 is 2.48 bits per heavy atom. The third kappa shape index (κ3) is 2.84. The minimum absolute atomic E-state index is 0.0849. The molecule has 1 N–H and O–H groups in total. The number of rotatable bonds is 4. The number of nitro benzene ring substituents is 1. The molecule has 0 aliphatic carbocycles. The number of carboxylic acid groups (broad SMARTS) is 1. The van der Waals surface area contributed by atoms with E-state index in [1.54, 1.807) is 12.1 Å². The summed E-state index contributed by atoms with van der Waals surface area (Å²) in [5, 5.41) is 20.2. The highest BCUT2D eigenvalue weighted by Gasteiger charge is 2.40. The third-order valence-electron chi connectivity index (χ3n) is 4.58. The van der Waals surface area contributed by atoms with E-state index in [9.17, 15) is 20.0 Å². The minimum Gasteiger partial charge on any atom is -0.481 e. The number of hydrogen-bond donors (Lipinski definition) is 1. The van der Waals surface area contributed by atoms with Gasteiger partial charge in [0.05, 0.1) is 10.3 Å². The van der Waals surface area contributed by atoms with Crippen molar-refractivity contribution in [3.8, 4) is 0 Å². The number of aryl methyl sites for hydroxylation is 1. The topological polar surface area (TPSA) is 83.7 Å². The van der Waals surface area contributed by atoms with E-state index < -0.39 is 16.3 Å². The quantitative estimate of drug-likeness (QED) is 0.681. The van der Waals surface area contributed by atoms with Gasteiger partial charge in [0.15, 0.2) is 0 Å². The molecule has 0 aromatic heterocycles. The van der Waals surface area contributed by atoms with Gasteiger partial charge in [0.25, 0.3) is 5.69 Å². The second-order valence-corrected chi connectivity index (χ2v) is 5.65. The van der Waals surface area contributed by atoms with Gasteiger partial charge in [-0.2, -0.15) is 0 Å². The van der Waals surface area contributed by atoms with Gasteiger partial charge in [-0.15, -0.1) is 0 Å². The molecule has 0 radical (unpaired) electrons. The molecule has 1 aliphatic rings. The first-order chi connectivity index (χ1) is 9.89. The molecule has 0 atom stereocenters. The van der Waals surface area contributed by atoms with Crippen LogP contribution in [0.5, 0.6) is 0 Å². The Balaban J connectivity index is 2.16. The van der Waals surface area contributed by atoms with E-state index in [1.165, 1.54) is 6.07 Å². The normalized spacial score (nSPS) is 17.5. The summed E-state index contributed by atoms with van der Waals surface area (Å²) in [5.41, 5.74) is 1.27. The maximum Gasteiger partial charge on any atom is 0.309 e. The number of aliphatic carboxylic acids is 1. The number of anilines is 1. The maximum atomic E-state index is 11.4. The molecule has 2 rings (SSSR count). The Kier molecular flexibility index (Phi) is 4.16. The molecule has 6 nitrogen and oxygen atoms in total. The number of carboxylic acids is 1. The number of non-ortho nitro benzene ring substituents is 1. The predicted octanol–water partition coefficient (Wildman–Crippen LogP) is 2.98. The van der Waals surface area contributed by atoms with Crippen LogP contribution in [0, 0.1) is 22.5 Å². The molecule has 0 unspecified atom stereocenters. The summed E-state index contributed by atoms with van der Waals surface area (Å²) in [6.45, 7) is 5.10. The fourth-order valence-corrected chi connectivity index (χ4v) is 3.00. The molecular weight excluding hydrogens is 272 g/mol. The number of nitro groups is 1. The summed E-state index contributed by atoms with van der Waals surface area (Å²) < 4.78 is 0. The van der Waals surface area contributed by atoms with Crippen LogP contribution in [0.4, 0.5) is 11.4 Å². The highest BCUT2D eigenvalue weighted by molar-refractivity contribution is 5.75. The monoisotopic (exact) mass is 292 g/mol. The van der Waals surface area contributed by atoms with Gasteiger partial charge in [-0.1, -0.05) is 6.92 Å². The first-order valence-corrected chi connectivity index (χ1v) is 7.13. The second-order valence-electron chi connectivity index (χ2n) is 5.65. The average molecular weight is 292 g/mol. The van der Waals surface area contributed by atoms with Crippen molar-refractivity contribution in [1.29, 1.82) is 0 Å². The van der Waals surface area contributed by atoms with Crippen molar-refractivity contribution < 1.29 is 14.8 Å². The van der Waals surface area contributed by atoms with E-state index in [2.05, 4.69) is 4.90 Å². The zero-order chi connectivity index (χ0) is 15.6. The van der Waals surface area contributed by atoms with Gasteiger partial charge >= 0.3 is 5.97 Å². The largest absolute Gasteiger partial charge is 0.481 e. The molecule has 0 bridgehead atoms. The molecule has 1 heterocycles. The SMILES string of the molecule is CCC1(C(=O)O)CCN(c2ccc([N+](=O)[O-])cc2C)CC1. The second kappa shape index (κ2) is 5.71. The van der Waals surface area contributed by atoms with Gasteiger partial charge in [0.2, 0.25) is 0 Å². The van der Waals surface area contributed by atoms with Crippen molar-refractivity contribution in [2.24, 2.45) is 5.41 Å². The first-order valence-electron chi connectivity index (χ1n) is 7.13. The Bertz CT molecular complexity index is 563. The molecule has 1 aromatic rings. The molecule has 21 heavy (non-hydrogen) atoms. The van der Waals surface area contributed by atoms with Gasteiger partial charge in [-0.25, -0.2) is 0 Å². The van der Waals surface area contributed by atoms with Crippen LogP contribution in [-0.2, 0) is 4.79 Å². The van der Waals surface area contributed by atoms with Crippen LogP contribution in [0.3, 0.4) is 0 Å². The van der Waals surface area contributed by atoms with Crippen molar-refractivity contribution in [2.45, 2.75) is 33.1 Å². The lowest BCUT2D eigenvalue weighted by molar-refractivity contribution is -0.384. The lowest BCUT2D eigenvalue weighted by Gasteiger charge is -2.39. The van der Waals surface area contributed by atoms with Crippen LogP contribution < -0.4 is 4.90 Å².